The predicted molar refractivity (Wildman–Crippen MR) is 90.1 cm³/mol. The molecule has 0 amide bonds. The Morgan fingerprint density at radius 2 is 1.75 bits per heavy atom. The molecule has 2 rings (SSSR count). The van der Waals surface area contributed by atoms with Crippen LogP contribution < -0.4 is 10.1 Å². The quantitative estimate of drug-likeness (QED) is 0.789. The summed E-state index contributed by atoms with van der Waals surface area (Å²) in [6.45, 7) is 0.992. The maximum Gasteiger partial charge on any atom is 0.141 e. The van der Waals surface area contributed by atoms with Gasteiger partial charge in [0.15, 0.2) is 0 Å². The van der Waals surface area contributed by atoms with Gasteiger partial charge in [-0.05, 0) is 53.7 Å². The van der Waals surface area contributed by atoms with E-state index < -0.39 is 0 Å². The molecule has 0 heterocycles. The molecule has 0 aromatic heterocycles. The second kappa shape index (κ2) is 8.40. The Kier molecular flexibility index (Phi) is 6.85. The summed E-state index contributed by atoms with van der Waals surface area (Å²) in [6.07, 6.45) is 9.75. The zero-order valence-corrected chi connectivity index (χ0v) is 15.3. The molecule has 2 N–H and O–H groups in total. The molecule has 1 fully saturated rings. The van der Waals surface area contributed by atoms with Crippen LogP contribution in [0.2, 0.25) is 0 Å². The van der Waals surface area contributed by atoms with E-state index in [4.69, 9.17) is 4.74 Å². The van der Waals surface area contributed by atoms with E-state index in [0.717, 1.165) is 27.3 Å². The number of hydrogen-bond donors (Lipinski definition) is 1. The highest BCUT2D eigenvalue weighted by Gasteiger charge is 2.16. The molecule has 0 bridgehead atoms. The summed E-state index contributed by atoms with van der Waals surface area (Å²) < 4.78 is 7.65. The van der Waals surface area contributed by atoms with Crippen LogP contribution in [0.3, 0.4) is 0 Å². The molecule has 0 radical (unpaired) electrons. The van der Waals surface area contributed by atoms with Gasteiger partial charge >= 0.3 is 0 Å². The topological polar surface area (TPSA) is 25.8 Å². The van der Waals surface area contributed by atoms with Crippen LogP contribution in [0.15, 0.2) is 21.1 Å². The van der Waals surface area contributed by atoms with Crippen LogP contribution in [0.1, 0.15) is 50.5 Å². The largest absolute Gasteiger partial charge is 0.495 e. The van der Waals surface area contributed by atoms with Gasteiger partial charge in [0.25, 0.3) is 0 Å². The third-order valence-electron chi connectivity index (χ3n) is 4.11. The summed E-state index contributed by atoms with van der Waals surface area (Å²) in [5.41, 5.74) is 1.26. The first-order chi connectivity index (χ1) is 9.70. The van der Waals surface area contributed by atoms with E-state index in [1.165, 1.54) is 50.5 Å². The number of halogens is 2. The Hall–Kier alpha value is -0.0600. The molecular formula is C16H24Br2NO+. The van der Waals surface area contributed by atoms with Gasteiger partial charge in [-0.2, -0.15) is 0 Å². The molecule has 2 nitrogen and oxygen atoms in total. The van der Waals surface area contributed by atoms with Crippen molar-refractivity contribution < 1.29 is 10.1 Å². The fraction of sp³-hybridized carbons (Fsp3) is 0.625. The van der Waals surface area contributed by atoms with Crippen LogP contribution in [-0.2, 0) is 6.54 Å². The number of rotatable bonds is 4. The number of nitrogens with two attached hydrogens (primary N) is 1. The average Bonchev–Trinajstić information content (AvgIpc) is 2.37. The summed E-state index contributed by atoms with van der Waals surface area (Å²) in [5.74, 6) is 0.968. The Morgan fingerprint density at radius 1 is 1.10 bits per heavy atom. The zero-order valence-electron chi connectivity index (χ0n) is 12.1. The van der Waals surface area contributed by atoms with Crippen LogP contribution in [0.5, 0.6) is 5.75 Å². The van der Waals surface area contributed by atoms with Crippen LogP contribution in [0.4, 0.5) is 0 Å². The molecule has 1 saturated carbocycles. The van der Waals surface area contributed by atoms with Gasteiger partial charge in [-0.1, -0.05) is 35.2 Å². The molecule has 0 aliphatic heterocycles. The van der Waals surface area contributed by atoms with Gasteiger partial charge in [-0.25, -0.2) is 0 Å². The zero-order chi connectivity index (χ0) is 14.4. The van der Waals surface area contributed by atoms with E-state index in [2.05, 4.69) is 43.2 Å². The van der Waals surface area contributed by atoms with E-state index >= 15 is 0 Å². The molecule has 1 aromatic carbocycles. The molecule has 0 saturated heterocycles. The van der Waals surface area contributed by atoms with Gasteiger partial charge in [0.05, 0.1) is 23.2 Å². The summed E-state index contributed by atoms with van der Waals surface area (Å²) in [6, 6.07) is 4.99. The second-order valence-electron chi connectivity index (χ2n) is 5.63. The lowest BCUT2D eigenvalue weighted by Gasteiger charge is -2.19. The predicted octanol–water partition coefficient (Wildman–Crippen LogP) is 4.40. The Balaban J connectivity index is 1.98. The average molecular weight is 406 g/mol. The van der Waals surface area contributed by atoms with Crippen molar-refractivity contribution in [1.82, 2.24) is 0 Å². The Morgan fingerprint density at radius 3 is 2.40 bits per heavy atom. The highest BCUT2D eigenvalue weighted by atomic mass is 79.9. The van der Waals surface area contributed by atoms with Crippen molar-refractivity contribution >= 4 is 31.9 Å². The molecule has 0 unspecified atom stereocenters. The highest BCUT2D eigenvalue weighted by Crippen LogP contribution is 2.32. The van der Waals surface area contributed by atoms with Crippen molar-refractivity contribution in [3.05, 3.63) is 26.6 Å². The first-order valence-corrected chi connectivity index (χ1v) is 9.14. The number of quaternary nitrogens is 1. The minimum atomic E-state index is 0.776. The first-order valence-electron chi connectivity index (χ1n) is 7.56. The maximum atomic E-state index is 5.53. The monoisotopic (exact) mass is 404 g/mol. The lowest BCUT2D eigenvalue weighted by atomic mass is 9.96. The third-order valence-corrected chi connectivity index (χ3v) is 5.16. The van der Waals surface area contributed by atoms with E-state index in [9.17, 15) is 0 Å². The van der Waals surface area contributed by atoms with Crippen molar-refractivity contribution in [3.63, 3.8) is 0 Å². The first kappa shape index (κ1) is 16.3. The highest BCUT2D eigenvalue weighted by molar-refractivity contribution is 9.11. The molecule has 112 valence electrons. The summed E-state index contributed by atoms with van der Waals surface area (Å²) >= 11 is 7.14. The van der Waals surface area contributed by atoms with Gasteiger partial charge < -0.3 is 10.1 Å². The van der Waals surface area contributed by atoms with E-state index in [0.29, 0.717) is 0 Å². The van der Waals surface area contributed by atoms with Crippen molar-refractivity contribution in [1.29, 1.82) is 0 Å². The molecular weight excluding hydrogens is 382 g/mol. The Bertz CT molecular complexity index is 429. The van der Waals surface area contributed by atoms with E-state index in [-0.39, 0.29) is 0 Å². The summed E-state index contributed by atoms with van der Waals surface area (Å²) in [5, 5.41) is 2.50. The van der Waals surface area contributed by atoms with Crippen molar-refractivity contribution in [2.75, 3.05) is 7.11 Å². The minimum Gasteiger partial charge on any atom is -0.495 e. The number of methoxy groups -OCH3 is 1. The van der Waals surface area contributed by atoms with Gasteiger partial charge in [0, 0.05) is 4.47 Å². The number of hydrogen-bond acceptors (Lipinski definition) is 1. The van der Waals surface area contributed by atoms with Gasteiger partial charge in [0.1, 0.15) is 12.3 Å². The summed E-state index contributed by atoms with van der Waals surface area (Å²) in [7, 11) is 1.74. The summed E-state index contributed by atoms with van der Waals surface area (Å²) in [4.78, 5) is 0. The van der Waals surface area contributed by atoms with Gasteiger partial charge in [0.2, 0.25) is 0 Å². The van der Waals surface area contributed by atoms with Crippen molar-refractivity contribution in [2.24, 2.45) is 0 Å². The van der Waals surface area contributed by atoms with Gasteiger partial charge in [-0.3, -0.25) is 0 Å². The molecule has 1 aliphatic carbocycles. The van der Waals surface area contributed by atoms with Crippen molar-refractivity contribution in [3.8, 4) is 5.75 Å². The van der Waals surface area contributed by atoms with Crippen LogP contribution in [0, 0.1) is 0 Å². The Labute approximate surface area is 138 Å². The lowest BCUT2D eigenvalue weighted by Crippen LogP contribution is -2.88. The van der Waals surface area contributed by atoms with Crippen molar-refractivity contribution in [2.45, 2.75) is 57.5 Å². The SMILES string of the molecule is COc1c(Br)cc(Br)cc1C[NH2+]C1CCCCCCC1. The number of benzene rings is 1. The fourth-order valence-corrected chi connectivity index (χ4v) is 4.49. The standard InChI is InChI=1S/C16H23Br2NO/c1-20-16-12(9-13(17)10-15(16)18)11-19-14-7-5-3-2-4-6-8-14/h9-10,14,19H,2-8,11H2,1H3/p+1. The van der Waals surface area contributed by atoms with E-state index in [1.807, 2.05) is 6.07 Å². The third kappa shape index (κ3) is 4.74. The fourth-order valence-electron chi connectivity index (χ4n) is 3.01. The van der Waals surface area contributed by atoms with Crippen LogP contribution in [0.25, 0.3) is 0 Å². The smallest absolute Gasteiger partial charge is 0.141 e. The minimum absolute atomic E-state index is 0.776. The van der Waals surface area contributed by atoms with Crippen LogP contribution >= 0.6 is 31.9 Å². The molecule has 1 aliphatic rings. The van der Waals surface area contributed by atoms with Gasteiger partial charge in [-0.15, -0.1) is 0 Å². The lowest BCUT2D eigenvalue weighted by molar-refractivity contribution is -0.706. The maximum absolute atomic E-state index is 5.53. The van der Waals surface area contributed by atoms with Crippen LogP contribution in [-0.4, -0.2) is 13.2 Å². The number of ether oxygens (including phenoxy) is 1. The second-order valence-corrected chi connectivity index (χ2v) is 7.40. The molecule has 1 aromatic rings. The molecule has 20 heavy (non-hydrogen) atoms. The molecule has 0 atom stereocenters. The molecule has 4 heteroatoms. The molecule has 0 spiro atoms. The normalized spacial score (nSPS) is 17.6. The van der Waals surface area contributed by atoms with E-state index in [1.54, 1.807) is 7.11 Å².